The molecule has 1 N–H and O–H groups in total. The molecule has 34 heavy (non-hydrogen) atoms. The lowest BCUT2D eigenvalue weighted by Crippen LogP contribution is -2.29. The zero-order chi connectivity index (χ0) is 24.4. The minimum atomic E-state index is -1.02. The number of nitrogens with zero attached hydrogens (tertiary/aromatic N) is 2. The highest BCUT2D eigenvalue weighted by atomic mass is 16.6. The van der Waals surface area contributed by atoms with E-state index in [4.69, 9.17) is 9.47 Å². The molecule has 9 heteroatoms. The van der Waals surface area contributed by atoms with Gasteiger partial charge in [-0.2, -0.15) is 0 Å². The van der Waals surface area contributed by atoms with Crippen molar-refractivity contribution in [2.75, 3.05) is 19.1 Å². The number of hydrogen-bond donors (Lipinski definition) is 1. The number of amides is 1. The standard InChI is InChI=1S/C25H20N2O7/c1-33-18-12-13-19(20(14-18)34-2)22-21(23(28)15-8-10-17(11-9-15)27(31)32)24(29)25(30)26(22)16-6-4-3-5-7-16/h3-14,22,28H,1-2H3. The second kappa shape index (κ2) is 9.07. The van der Waals surface area contributed by atoms with Gasteiger partial charge in [-0.25, -0.2) is 0 Å². The molecule has 0 aliphatic carbocycles. The van der Waals surface area contributed by atoms with E-state index in [1.807, 2.05) is 0 Å². The molecule has 0 radical (unpaired) electrons. The van der Waals surface area contributed by atoms with Gasteiger partial charge in [-0.15, -0.1) is 0 Å². The van der Waals surface area contributed by atoms with Gasteiger partial charge in [0.1, 0.15) is 17.3 Å². The molecule has 3 aromatic rings. The predicted molar refractivity (Wildman–Crippen MR) is 124 cm³/mol. The maximum absolute atomic E-state index is 13.2. The number of carbonyl (C=O) groups is 2. The second-order valence-electron chi connectivity index (χ2n) is 7.42. The maximum Gasteiger partial charge on any atom is 0.300 e. The first-order valence-electron chi connectivity index (χ1n) is 10.2. The van der Waals surface area contributed by atoms with Gasteiger partial charge in [0.05, 0.1) is 30.8 Å². The number of nitro groups is 1. The third-order valence-electron chi connectivity index (χ3n) is 5.57. The molecular weight excluding hydrogens is 440 g/mol. The molecule has 1 unspecified atom stereocenters. The SMILES string of the molecule is COc1ccc(C2C(=C(O)c3ccc([N+](=O)[O-])cc3)C(=O)C(=O)N2c2ccccc2)c(OC)c1. The van der Waals surface area contributed by atoms with Crippen molar-refractivity contribution < 1.29 is 29.1 Å². The Morgan fingerprint density at radius 1 is 0.971 bits per heavy atom. The minimum Gasteiger partial charge on any atom is -0.507 e. The predicted octanol–water partition coefficient (Wildman–Crippen LogP) is 4.24. The van der Waals surface area contributed by atoms with Crippen LogP contribution in [0.25, 0.3) is 5.76 Å². The summed E-state index contributed by atoms with van der Waals surface area (Å²) in [4.78, 5) is 38.1. The van der Waals surface area contributed by atoms with E-state index in [1.165, 1.54) is 43.4 Å². The number of aliphatic hydroxyl groups is 1. The molecular formula is C25H20N2O7. The van der Waals surface area contributed by atoms with Crippen LogP contribution in [0, 0.1) is 10.1 Å². The minimum absolute atomic E-state index is 0.161. The number of para-hydroxylation sites is 1. The van der Waals surface area contributed by atoms with Crippen LogP contribution in [0.2, 0.25) is 0 Å². The molecule has 1 saturated heterocycles. The summed E-state index contributed by atoms with van der Waals surface area (Å²) in [7, 11) is 2.95. The van der Waals surface area contributed by atoms with Crippen LogP contribution in [0.1, 0.15) is 17.2 Å². The molecule has 0 spiro atoms. The molecule has 1 fully saturated rings. The van der Waals surface area contributed by atoms with Crippen LogP contribution in [0.4, 0.5) is 11.4 Å². The van der Waals surface area contributed by atoms with Gasteiger partial charge in [0.25, 0.3) is 17.4 Å². The lowest BCUT2D eigenvalue weighted by Gasteiger charge is -2.26. The number of methoxy groups -OCH3 is 2. The fraction of sp³-hybridized carbons (Fsp3) is 0.120. The average Bonchev–Trinajstić information content (AvgIpc) is 3.13. The van der Waals surface area contributed by atoms with Gasteiger partial charge in [0, 0.05) is 35.0 Å². The highest BCUT2D eigenvalue weighted by Gasteiger charge is 2.48. The fourth-order valence-corrected chi connectivity index (χ4v) is 3.92. The Kier molecular flexibility index (Phi) is 6.01. The van der Waals surface area contributed by atoms with Crippen molar-refractivity contribution >= 4 is 28.8 Å². The van der Waals surface area contributed by atoms with Gasteiger partial charge >= 0.3 is 0 Å². The Bertz CT molecular complexity index is 1300. The number of non-ortho nitro benzene ring substituents is 1. The summed E-state index contributed by atoms with van der Waals surface area (Å²) in [5.41, 5.74) is 0.736. The topological polar surface area (TPSA) is 119 Å². The number of ether oxygens (including phenoxy) is 2. The zero-order valence-corrected chi connectivity index (χ0v) is 18.3. The summed E-state index contributed by atoms with van der Waals surface area (Å²) in [6.45, 7) is 0. The van der Waals surface area contributed by atoms with Crippen molar-refractivity contribution in [2.24, 2.45) is 0 Å². The number of hydrogen-bond acceptors (Lipinski definition) is 7. The lowest BCUT2D eigenvalue weighted by molar-refractivity contribution is -0.384. The van der Waals surface area contributed by atoms with Crippen molar-refractivity contribution in [3.63, 3.8) is 0 Å². The Labute approximate surface area is 194 Å². The van der Waals surface area contributed by atoms with Crippen LogP contribution in [0.3, 0.4) is 0 Å². The normalized spacial score (nSPS) is 17.0. The van der Waals surface area contributed by atoms with E-state index in [0.29, 0.717) is 22.7 Å². The molecule has 1 aliphatic rings. The number of Topliss-reactive ketones (excluding diaryl/α,β-unsaturated/α-hetero) is 1. The number of benzene rings is 3. The first kappa shape index (κ1) is 22.5. The molecule has 3 aromatic carbocycles. The molecule has 9 nitrogen and oxygen atoms in total. The maximum atomic E-state index is 13.2. The van der Waals surface area contributed by atoms with Crippen LogP contribution in [0.15, 0.2) is 78.4 Å². The lowest BCUT2D eigenvalue weighted by atomic mass is 9.94. The van der Waals surface area contributed by atoms with Crippen molar-refractivity contribution in [3.05, 3.63) is 99.6 Å². The Morgan fingerprint density at radius 2 is 1.65 bits per heavy atom. The van der Waals surface area contributed by atoms with Gasteiger partial charge in [-0.3, -0.25) is 24.6 Å². The third-order valence-corrected chi connectivity index (χ3v) is 5.57. The molecule has 1 aliphatic heterocycles. The smallest absolute Gasteiger partial charge is 0.300 e. The number of carbonyl (C=O) groups excluding carboxylic acids is 2. The van der Waals surface area contributed by atoms with E-state index in [0.717, 1.165) is 0 Å². The van der Waals surface area contributed by atoms with E-state index < -0.39 is 28.4 Å². The van der Waals surface area contributed by atoms with Crippen molar-refractivity contribution in [3.8, 4) is 11.5 Å². The number of ketones is 1. The summed E-state index contributed by atoms with van der Waals surface area (Å²) in [5, 5.41) is 22.1. The number of anilines is 1. The van der Waals surface area contributed by atoms with Gasteiger partial charge in [-0.05, 0) is 36.4 Å². The largest absolute Gasteiger partial charge is 0.507 e. The van der Waals surface area contributed by atoms with E-state index in [2.05, 4.69) is 0 Å². The molecule has 172 valence electrons. The summed E-state index contributed by atoms with van der Waals surface area (Å²) in [6.07, 6.45) is 0. The van der Waals surface area contributed by atoms with Crippen LogP contribution in [-0.2, 0) is 9.59 Å². The monoisotopic (exact) mass is 460 g/mol. The second-order valence-corrected chi connectivity index (χ2v) is 7.42. The molecule has 0 saturated carbocycles. The molecule has 1 atom stereocenters. The highest BCUT2D eigenvalue weighted by Crippen LogP contribution is 2.45. The Balaban J connectivity index is 1.96. The molecule has 0 bridgehead atoms. The van der Waals surface area contributed by atoms with Crippen LogP contribution in [-0.4, -0.2) is 35.9 Å². The van der Waals surface area contributed by atoms with Crippen molar-refractivity contribution in [2.45, 2.75) is 6.04 Å². The molecule has 4 rings (SSSR count). The van der Waals surface area contributed by atoms with Crippen LogP contribution < -0.4 is 14.4 Å². The molecule has 1 amide bonds. The first-order chi connectivity index (χ1) is 16.4. The summed E-state index contributed by atoms with van der Waals surface area (Å²) in [5.74, 6) is -1.30. The van der Waals surface area contributed by atoms with Gasteiger partial charge in [0.15, 0.2) is 0 Å². The zero-order valence-electron chi connectivity index (χ0n) is 18.3. The van der Waals surface area contributed by atoms with E-state index in [9.17, 15) is 24.8 Å². The van der Waals surface area contributed by atoms with Crippen molar-refractivity contribution in [1.29, 1.82) is 0 Å². The van der Waals surface area contributed by atoms with E-state index in [1.54, 1.807) is 48.5 Å². The fourth-order valence-electron chi connectivity index (χ4n) is 3.92. The quantitative estimate of drug-likeness (QED) is 0.192. The van der Waals surface area contributed by atoms with Gasteiger partial charge in [0.2, 0.25) is 0 Å². The van der Waals surface area contributed by atoms with Crippen LogP contribution >= 0.6 is 0 Å². The van der Waals surface area contributed by atoms with Crippen LogP contribution in [0.5, 0.6) is 11.5 Å². The van der Waals surface area contributed by atoms with E-state index >= 15 is 0 Å². The summed E-state index contributed by atoms with van der Waals surface area (Å²) < 4.78 is 10.8. The molecule has 0 aromatic heterocycles. The highest BCUT2D eigenvalue weighted by molar-refractivity contribution is 6.51. The van der Waals surface area contributed by atoms with Gasteiger partial charge < -0.3 is 14.6 Å². The first-order valence-corrected chi connectivity index (χ1v) is 10.2. The number of rotatable bonds is 6. The third kappa shape index (κ3) is 3.83. The number of aliphatic hydroxyl groups excluding tert-OH is 1. The van der Waals surface area contributed by atoms with E-state index in [-0.39, 0.29) is 16.8 Å². The van der Waals surface area contributed by atoms with Gasteiger partial charge in [-0.1, -0.05) is 18.2 Å². The average molecular weight is 460 g/mol. The summed E-state index contributed by atoms with van der Waals surface area (Å²) in [6, 6.07) is 17.6. The Morgan fingerprint density at radius 3 is 2.24 bits per heavy atom. The summed E-state index contributed by atoms with van der Waals surface area (Å²) >= 11 is 0. The molecule has 1 heterocycles. The number of nitro benzene ring substituents is 1. The van der Waals surface area contributed by atoms with Crippen molar-refractivity contribution in [1.82, 2.24) is 0 Å². The Hall–Kier alpha value is -4.66.